The summed E-state index contributed by atoms with van der Waals surface area (Å²) in [7, 11) is 0. The van der Waals surface area contributed by atoms with Crippen LogP contribution in [0.5, 0.6) is 5.75 Å². The summed E-state index contributed by atoms with van der Waals surface area (Å²) in [5, 5.41) is 14.7. The number of fused-ring (bicyclic) bond motifs is 1. The minimum Gasteiger partial charge on any atom is -0.486 e. The zero-order valence-electron chi connectivity index (χ0n) is 15.2. The molecule has 0 saturated carbocycles. The highest BCUT2D eigenvalue weighted by atomic mass is 35.5. The molecule has 2 aromatic carbocycles. The summed E-state index contributed by atoms with van der Waals surface area (Å²) in [4.78, 5) is 19.0. The third kappa shape index (κ3) is 4.27. The molecule has 146 valence electrons. The predicted molar refractivity (Wildman–Crippen MR) is 110 cm³/mol. The van der Waals surface area contributed by atoms with Crippen molar-refractivity contribution in [2.45, 2.75) is 13.3 Å². The molecular formula is C20H16ClN5O3. The third-order valence-electron chi connectivity index (χ3n) is 4.33. The fourth-order valence-electron chi connectivity index (χ4n) is 2.88. The number of rotatable bonds is 7. The number of non-ortho nitro benzene ring substituents is 1. The van der Waals surface area contributed by atoms with Crippen LogP contribution in [0.3, 0.4) is 0 Å². The average Bonchev–Trinajstić information content (AvgIpc) is 3.08. The topological polar surface area (TPSA) is 95.1 Å². The van der Waals surface area contributed by atoms with E-state index in [0.29, 0.717) is 23.3 Å². The maximum absolute atomic E-state index is 10.8. The van der Waals surface area contributed by atoms with Crippen molar-refractivity contribution in [2.75, 3.05) is 5.32 Å². The van der Waals surface area contributed by atoms with Crippen molar-refractivity contribution in [1.29, 1.82) is 0 Å². The number of aromatic nitrogens is 3. The normalized spacial score (nSPS) is 10.8. The second-order valence-electron chi connectivity index (χ2n) is 6.20. The van der Waals surface area contributed by atoms with Gasteiger partial charge < -0.3 is 14.6 Å². The van der Waals surface area contributed by atoms with Gasteiger partial charge in [-0.2, -0.15) is 0 Å². The lowest BCUT2D eigenvalue weighted by Crippen LogP contribution is -2.13. The van der Waals surface area contributed by atoms with E-state index in [9.17, 15) is 10.1 Å². The van der Waals surface area contributed by atoms with Crippen molar-refractivity contribution < 1.29 is 9.66 Å². The first-order valence-corrected chi connectivity index (χ1v) is 9.14. The lowest BCUT2D eigenvalue weighted by Gasteiger charge is -2.12. The van der Waals surface area contributed by atoms with Crippen molar-refractivity contribution in [3.05, 3.63) is 88.0 Å². The molecule has 2 heterocycles. The summed E-state index contributed by atoms with van der Waals surface area (Å²) >= 11 is 6.17. The van der Waals surface area contributed by atoms with E-state index in [1.54, 1.807) is 30.6 Å². The molecule has 4 rings (SSSR count). The number of nitrogens with zero attached hydrogens (tertiary/aromatic N) is 4. The highest BCUT2D eigenvalue weighted by Crippen LogP contribution is 2.23. The van der Waals surface area contributed by atoms with E-state index in [-0.39, 0.29) is 12.3 Å². The Morgan fingerprint density at radius 1 is 1.10 bits per heavy atom. The van der Waals surface area contributed by atoms with Crippen LogP contribution >= 0.6 is 11.6 Å². The lowest BCUT2D eigenvalue weighted by molar-refractivity contribution is -0.384. The van der Waals surface area contributed by atoms with E-state index < -0.39 is 4.92 Å². The first-order valence-electron chi connectivity index (χ1n) is 8.76. The Morgan fingerprint density at radius 3 is 2.59 bits per heavy atom. The predicted octanol–water partition coefficient (Wildman–Crippen LogP) is 4.64. The molecule has 0 atom stereocenters. The Balaban J connectivity index is 1.58. The van der Waals surface area contributed by atoms with Crippen LogP contribution in [0, 0.1) is 10.1 Å². The van der Waals surface area contributed by atoms with Gasteiger partial charge in [0.15, 0.2) is 0 Å². The quantitative estimate of drug-likeness (QED) is 0.353. The molecule has 0 bridgehead atoms. The van der Waals surface area contributed by atoms with E-state index >= 15 is 0 Å². The molecule has 0 fully saturated rings. The smallest absolute Gasteiger partial charge is 0.269 e. The average molecular weight is 410 g/mol. The molecule has 8 nitrogen and oxygen atoms in total. The standard InChI is InChI=1S/C20H16ClN5O3/c21-14-1-6-18-19(11-14)25(13-23-15-7-9-22-10-8-15)20(24-18)12-29-17-4-2-16(3-5-17)26(27)28/h1-11H,12-13H2,(H,22,23). The van der Waals surface area contributed by atoms with Gasteiger partial charge in [-0.1, -0.05) is 11.6 Å². The van der Waals surface area contributed by atoms with Crippen molar-refractivity contribution in [2.24, 2.45) is 0 Å². The third-order valence-corrected chi connectivity index (χ3v) is 4.56. The summed E-state index contributed by atoms with van der Waals surface area (Å²) in [6, 6.07) is 15.2. The van der Waals surface area contributed by atoms with Crippen molar-refractivity contribution in [3.8, 4) is 5.75 Å². The molecule has 9 heteroatoms. The number of nitro groups is 1. The van der Waals surface area contributed by atoms with Crippen molar-refractivity contribution >= 4 is 34.0 Å². The Hall–Kier alpha value is -3.65. The summed E-state index contributed by atoms with van der Waals surface area (Å²) in [5.74, 6) is 1.22. The minimum absolute atomic E-state index is 0.0146. The Bertz CT molecular complexity index is 1150. The van der Waals surface area contributed by atoms with Gasteiger partial charge in [0.05, 0.1) is 22.6 Å². The van der Waals surface area contributed by atoms with E-state index in [1.165, 1.54) is 12.1 Å². The van der Waals surface area contributed by atoms with Crippen LogP contribution in [0.4, 0.5) is 11.4 Å². The van der Waals surface area contributed by atoms with Crippen LogP contribution < -0.4 is 10.1 Å². The van der Waals surface area contributed by atoms with Crippen molar-refractivity contribution in [3.63, 3.8) is 0 Å². The monoisotopic (exact) mass is 409 g/mol. The van der Waals surface area contributed by atoms with Gasteiger partial charge in [-0.25, -0.2) is 4.98 Å². The number of halogens is 1. The molecule has 29 heavy (non-hydrogen) atoms. The largest absolute Gasteiger partial charge is 0.486 e. The molecular weight excluding hydrogens is 394 g/mol. The minimum atomic E-state index is -0.447. The number of hydrogen-bond acceptors (Lipinski definition) is 6. The van der Waals surface area contributed by atoms with Crippen molar-refractivity contribution in [1.82, 2.24) is 14.5 Å². The molecule has 4 aromatic rings. The maximum Gasteiger partial charge on any atom is 0.269 e. The van der Waals surface area contributed by atoms with Crippen LogP contribution in [-0.4, -0.2) is 19.5 Å². The first kappa shape index (κ1) is 18.7. The second-order valence-corrected chi connectivity index (χ2v) is 6.64. The fraction of sp³-hybridized carbons (Fsp3) is 0.100. The van der Waals surface area contributed by atoms with Crippen LogP contribution in [0.1, 0.15) is 5.82 Å². The summed E-state index contributed by atoms with van der Waals surface area (Å²) < 4.78 is 7.78. The van der Waals surface area contributed by atoms with Crippen LogP contribution in [0.2, 0.25) is 5.02 Å². The zero-order valence-corrected chi connectivity index (χ0v) is 15.9. The number of ether oxygens (including phenoxy) is 1. The molecule has 0 radical (unpaired) electrons. The highest BCUT2D eigenvalue weighted by molar-refractivity contribution is 6.31. The number of benzene rings is 2. The Morgan fingerprint density at radius 2 is 1.86 bits per heavy atom. The van der Waals surface area contributed by atoms with Crippen LogP contribution in [0.25, 0.3) is 11.0 Å². The van der Waals surface area contributed by atoms with Gasteiger partial charge in [0.2, 0.25) is 0 Å². The fourth-order valence-corrected chi connectivity index (χ4v) is 3.05. The van der Waals surface area contributed by atoms with Gasteiger partial charge in [-0.3, -0.25) is 15.1 Å². The first-order chi connectivity index (χ1) is 14.1. The molecule has 0 saturated heterocycles. The molecule has 0 unspecified atom stereocenters. The van der Waals surface area contributed by atoms with Crippen LogP contribution in [0.15, 0.2) is 67.0 Å². The van der Waals surface area contributed by atoms with Gasteiger partial charge >= 0.3 is 0 Å². The number of nitro benzene ring substituents is 1. The van der Waals surface area contributed by atoms with Gasteiger partial charge in [-0.05, 0) is 42.5 Å². The van der Waals surface area contributed by atoms with Crippen LogP contribution in [-0.2, 0) is 13.3 Å². The van der Waals surface area contributed by atoms with E-state index in [0.717, 1.165) is 16.7 Å². The molecule has 1 N–H and O–H groups in total. The molecule has 0 amide bonds. The van der Waals surface area contributed by atoms with Gasteiger partial charge in [0.1, 0.15) is 18.2 Å². The number of imidazole rings is 1. The Kier molecular flexibility index (Phi) is 5.26. The SMILES string of the molecule is O=[N+]([O-])c1ccc(OCc2nc3ccc(Cl)cc3n2CNc2ccncc2)cc1. The van der Waals surface area contributed by atoms with E-state index in [4.69, 9.17) is 16.3 Å². The molecule has 2 aromatic heterocycles. The summed E-state index contributed by atoms with van der Waals surface area (Å²) in [6.45, 7) is 0.655. The number of nitrogens with one attached hydrogen (secondary N) is 1. The van der Waals surface area contributed by atoms with E-state index in [2.05, 4.69) is 15.3 Å². The second kappa shape index (κ2) is 8.15. The number of pyridine rings is 1. The summed E-state index contributed by atoms with van der Waals surface area (Å²) in [6.07, 6.45) is 3.42. The number of anilines is 1. The maximum atomic E-state index is 10.8. The van der Waals surface area contributed by atoms with Gasteiger partial charge in [0, 0.05) is 35.2 Å². The highest BCUT2D eigenvalue weighted by Gasteiger charge is 2.13. The Labute approximate surface area is 170 Å². The number of hydrogen-bond donors (Lipinski definition) is 1. The molecule has 0 aliphatic heterocycles. The summed E-state index contributed by atoms with van der Waals surface area (Å²) in [5.41, 5.74) is 2.61. The van der Waals surface area contributed by atoms with E-state index in [1.807, 2.05) is 28.8 Å². The zero-order chi connectivity index (χ0) is 20.2. The van der Waals surface area contributed by atoms with Gasteiger partial charge in [0.25, 0.3) is 5.69 Å². The molecule has 0 spiro atoms. The lowest BCUT2D eigenvalue weighted by atomic mass is 10.3. The molecule has 0 aliphatic carbocycles. The molecule has 0 aliphatic rings. The van der Waals surface area contributed by atoms with Gasteiger partial charge in [-0.15, -0.1) is 0 Å².